The van der Waals surface area contributed by atoms with Gasteiger partial charge >= 0.3 is 0 Å². The zero-order valence-electron chi connectivity index (χ0n) is 6.72. The molecule has 1 rings (SSSR count). The molecule has 1 saturated heterocycles. The molecule has 1 fully saturated rings. The standard InChI is InChI=1S/C8H15FN2/c9-3-1-2-6-11-7-4-10-5-8-11/h1-2,10H,3-8H2. The molecule has 0 aliphatic carbocycles. The van der Waals surface area contributed by atoms with Crippen molar-refractivity contribution in [2.75, 3.05) is 39.4 Å². The highest BCUT2D eigenvalue weighted by atomic mass is 19.1. The van der Waals surface area contributed by atoms with Gasteiger partial charge in [0.2, 0.25) is 0 Å². The summed E-state index contributed by atoms with van der Waals surface area (Å²) in [6.45, 7) is 4.83. The van der Waals surface area contributed by atoms with E-state index in [1.165, 1.54) is 0 Å². The van der Waals surface area contributed by atoms with Crippen molar-refractivity contribution >= 4 is 0 Å². The molecule has 3 heteroatoms. The Morgan fingerprint density at radius 3 is 2.64 bits per heavy atom. The van der Waals surface area contributed by atoms with Crippen LogP contribution in [-0.4, -0.2) is 44.3 Å². The Labute approximate surface area is 67.1 Å². The number of nitrogens with one attached hydrogen (secondary N) is 1. The summed E-state index contributed by atoms with van der Waals surface area (Å²) in [5, 5.41) is 3.27. The Hall–Kier alpha value is -0.410. The first-order chi connectivity index (χ1) is 5.43. The summed E-state index contributed by atoms with van der Waals surface area (Å²) in [6, 6.07) is 0. The number of alkyl halides is 1. The smallest absolute Gasteiger partial charge is 0.108 e. The van der Waals surface area contributed by atoms with E-state index in [4.69, 9.17) is 0 Å². The third kappa shape index (κ3) is 3.49. The molecule has 0 aromatic heterocycles. The van der Waals surface area contributed by atoms with Crippen molar-refractivity contribution in [2.45, 2.75) is 0 Å². The number of allylic oxidation sites excluding steroid dienone is 1. The molecule has 0 radical (unpaired) electrons. The van der Waals surface area contributed by atoms with Gasteiger partial charge < -0.3 is 5.32 Å². The number of nitrogens with zero attached hydrogens (tertiary/aromatic N) is 1. The highest BCUT2D eigenvalue weighted by Gasteiger charge is 2.05. The predicted octanol–water partition coefficient (Wildman–Crippen LogP) is 0.417. The molecule has 0 unspecified atom stereocenters. The van der Waals surface area contributed by atoms with Crippen molar-refractivity contribution in [3.8, 4) is 0 Å². The Morgan fingerprint density at radius 1 is 1.27 bits per heavy atom. The summed E-state index contributed by atoms with van der Waals surface area (Å²) in [5.74, 6) is 0. The Bertz CT molecular complexity index is 119. The van der Waals surface area contributed by atoms with E-state index >= 15 is 0 Å². The molecule has 0 amide bonds. The maximum Gasteiger partial charge on any atom is 0.108 e. The molecule has 1 aliphatic rings. The monoisotopic (exact) mass is 158 g/mol. The van der Waals surface area contributed by atoms with Gasteiger partial charge in [0.05, 0.1) is 0 Å². The fraction of sp³-hybridized carbons (Fsp3) is 0.750. The summed E-state index contributed by atoms with van der Waals surface area (Å²) in [5.41, 5.74) is 0. The van der Waals surface area contributed by atoms with Gasteiger partial charge in [0, 0.05) is 32.7 Å². The summed E-state index contributed by atoms with van der Waals surface area (Å²) < 4.78 is 11.6. The lowest BCUT2D eigenvalue weighted by atomic mass is 10.3. The van der Waals surface area contributed by atoms with Crippen LogP contribution in [0.2, 0.25) is 0 Å². The number of hydrogen-bond acceptors (Lipinski definition) is 2. The minimum atomic E-state index is -0.341. The van der Waals surface area contributed by atoms with Gasteiger partial charge in [-0.05, 0) is 0 Å². The molecule has 0 aromatic carbocycles. The lowest BCUT2D eigenvalue weighted by Gasteiger charge is -2.25. The second kappa shape index (κ2) is 5.27. The zero-order chi connectivity index (χ0) is 7.94. The van der Waals surface area contributed by atoms with Gasteiger partial charge in [-0.3, -0.25) is 4.90 Å². The van der Waals surface area contributed by atoms with Crippen LogP contribution in [0.15, 0.2) is 12.2 Å². The van der Waals surface area contributed by atoms with Crippen LogP contribution in [0.3, 0.4) is 0 Å². The lowest BCUT2D eigenvalue weighted by molar-refractivity contribution is 0.264. The minimum Gasteiger partial charge on any atom is -0.314 e. The molecule has 0 spiro atoms. The van der Waals surface area contributed by atoms with Crippen molar-refractivity contribution in [3.63, 3.8) is 0 Å². The number of hydrogen-bond donors (Lipinski definition) is 1. The third-order valence-electron chi connectivity index (χ3n) is 1.83. The molecule has 0 saturated carbocycles. The highest BCUT2D eigenvalue weighted by molar-refractivity contribution is 4.85. The molecule has 0 atom stereocenters. The molecule has 2 nitrogen and oxygen atoms in total. The summed E-state index contributed by atoms with van der Waals surface area (Å²) in [4.78, 5) is 2.31. The third-order valence-corrected chi connectivity index (χ3v) is 1.83. The second-order valence-electron chi connectivity index (χ2n) is 2.68. The number of piperazine rings is 1. The van der Waals surface area contributed by atoms with Crippen molar-refractivity contribution in [2.24, 2.45) is 0 Å². The summed E-state index contributed by atoms with van der Waals surface area (Å²) in [7, 11) is 0. The van der Waals surface area contributed by atoms with Crippen LogP contribution in [0.5, 0.6) is 0 Å². The first-order valence-electron chi connectivity index (χ1n) is 4.07. The average molecular weight is 158 g/mol. The van der Waals surface area contributed by atoms with Crippen molar-refractivity contribution in [3.05, 3.63) is 12.2 Å². The zero-order valence-corrected chi connectivity index (χ0v) is 6.72. The average Bonchev–Trinajstić information content (AvgIpc) is 2.07. The molecule has 64 valence electrons. The molecule has 1 heterocycles. The first kappa shape index (κ1) is 8.68. The van der Waals surface area contributed by atoms with Crippen molar-refractivity contribution < 1.29 is 4.39 Å². The van der Waals surface area contributed by atoms with Gasteiger partial charge in [-0.2, -0.15) is 0 Å². The van der Waals surface area contributed by atoms with Crippen LogP contribution in [0.25, 0.3) is 0 Å². The maximum atomic E-state index is 11.6. The van der Waals surface area contributed by atoms with Gasteiger partial charge in [0.25, 0.3) is 0 Å². The second-order valence-corrected chi connectivity index (χ2v) is 2.68. The van der Waals surface area contributed by atoms with Crippen LogP contribution in [0, 0.1) is 0 Å². The first-order valence-corrected chi connectivity index (χ1v) is 4.07. The normalized spacial score (nSPS) is 21.2. The van der Waals surface area contributed by atoms with Crippen molar-refractivity contribution in [1.82, 2.24) is 10.2 Å². The van der Waals surface area contributed by atoms with Crippen LogP contribution in [-0.2, 0) is 0 Å². The minimum absolute atomic E-state index is 0.341. The summed E-state index contributed by atoms with van der Waals surface area (Å²) >= 11 is 0. The molecule has 11 heavy (non-hydrogen) atoms. The van der Waals surface area contributed by atoms with E-state index in [0.717, 1.165) is 32.7 Å². The fourth-order valence-corrected chi connectivity index (χ4v) is 1.18. The largest absolute Gasteiger partial charge is 0.314 e. The van der Waals surface area contributed by atoms with Gasteiger partial charge in [-0.15, -0.1) is 0 Å². The Kier molecular flexibility index (Phi) is 4.16. The van der Waals surface area contributed by atoms with Crippen LogP contribution in [0.4, 0.5) is 4.39 Å². The Morgan fingerprint density at radius 2 is 2.00 bits per heavy atom. The number of rotatable bonds is 3. The number of halogens is 1. The van der Waals surface area contributed by atoms with Crippen LogP contribution in [0.1, 0.15) is 0 Å². The van der Waals surface area contributed by atoms with Gasteiger partial charge in [0.1, 0.15) is 6.67 Å². The lowest BCUT2D eigenvalue weighted by Crippen LogP contribution is -2.43. The molecule has 0 bridgehead atoms. The topological polar surface area (TPSA) is 15.3 Å². The quantitative estimate of drug-likeness (QED) is 0.599. The van der Waals surface area contributed by atoms with E-state index < -0.39 is 0 Å². The van der Waals surface area contributed by atoms with E-state index in [1.54, 1.807) is 6.08 Å². The van der Waals surface area contributed by atoms with Crippen LogP contribution < -0.4 is 5.32 Å². The van der Waals surface area contributed by atoms with E-state index in [2.05, 4.69) is 10.2 Å². The fourth-order valence-electron chi connectivity index (χ4n) is 1.18. The van der Waals surface area contributed by atoms with Crippen molar-refractivity contribution in [1.29, 1.82) is 0 Å². The maximum absolute atomic E-state index is 11.6. The highest BCUT2D eigenvalue weighted by Crippen LogP contribution is 1.91. The van der Waals surface area contributed by atoms with Gasteiger partial charge in [-0.1, -0.05) is 12.2 Å². The molecular formula is C8H15FN2. The van der Waals surface area contributed by atoms with E-state index in [-0.39, 0.29) is 6.67 Å². The van der Waals surface area contributed by atoms with E-state index in [1.807, 2.05) is 6.08 Å². The van der Waals surface area contributed by atoms with E-state index in [9.17, 15) is 4.39 Å². The van der Waals surface area contributed by atoms with Crippen LogP contribution >= 0.6 is 0 Å². The van der Waals surface area contributed by atoms with Gasteiger partial charge in [-0.25, -0.2) is 4.39 Å². The SMILES string of the molecule is FCC=CCN1CCNCC1. The van der Waals surface area contributed by atoms with Gasteiger partial charge in [0.15, 0.2) is 0 Å². The Balaban J connectivity index is 2.09. The predicted molar refractivity (Wildman–Crippen MR) is 44.4 cm³/mol. The molecular weight excluding hydrogens is 143 g/mol. The van der Waals surface area contributed by atoms with E-state index in [0.29, 0.717) is 0 Å². The molecule has 1 aliphatic heterocycles. The molecule has 1 N–H and O–H groups in total. The molecule has 0 aromatic rings. The summed E-state index contributed by atoms with van der Waals surface area (Å²) in [6.07, 6.45) is 3.47.